The fourth-order valence-electron chi connectivity index (χ4n) is 6.17. The number of azo groups is 3. The number of hydrogen-bond acceptors (Lipinski definition) is 12. The molecule has 8 aromatic rings. The van der Waals surface area contributed by atoms with E-state index in [0.29, 0.717) is 48.8 Å². The third-order valence-corrected chi connectivity index (χ3v) is 9.99. The Morgan fingerprint density at radius 1 is 0.540 bits per heavy atom. The summed E-state index contributed by atoms with van der Waals surface area (Å²) < 4.78 is 0. The second-order valence-corrected chi connectivity index (χ2v) is 14.3. The molecule has 8 aromatic carbocycles. The molecule has 0 fully saturated rings. The molecule has 15 nitrogen and oxygen atoms in total. The molecule has 0 saturated carbocycles. The van der Waals surface area contributed by atoms with Crippen LogP contribution in [0.5, 0.6) is 17.2 Å². The lowest BCUT2D eigenvalue weighted by atomic mass is 10.1. The van der Waals surface area contributed by atoms with Crippen LogP contribution in [0.25, 0.3) is 21.5 Å². The molecule has 0 aliphatic heterocycles. The van der Waals surface area contributed by atoms with Crippen molar-refractivity contribution >= 4 is 108 Å². The Kier molecular flexibility index (Phi) is 12.1. The van der Waals surface area contributed by atoms with Crippen molar-refractivity contribution in [2.45, 2.75) is 0 Å². The quantitative estimate of drug-likeness (QED) is 0.0279. The monoisotopic (exact) mass is 875 g/mol. The highest BCUT2D eigenvalue weighted by molar-refractivity contribution is 6.45. The lowest BCUT2D eigenvalue weighted by Gasteiger charge is -2.13. The van der Waals surface area contributed by atoms with Crippen LogP contribution in [0, 0.1) is 5.21 Å². The van der Waals surface area contributed by atoms with E-state index in [1.165, 1.54) is 18.2 Å². The Morgan fingerprint density at radius 3 is 1.62 bits per heavy atom. The molecule has 2 amide bonds. The van der Waals surface area contributed by atoms with Crippen molar-refractivity contribution in [1.82, 2.24) is 0 Å². The van der Waals surface area contributed by atoms with Gasteiger partial charge >= 0.3 is 11.8 Å². The number of halogens is 2. The maximum absolute atomic E-state index is 13.0. The maximum atomic E-state index is 13.0. The summed E-state index contributed by atoms with van der Waals surface area (Å²) in [6, 6.07) is 43.4. The molecule has 63 heavy (non-hydrogen) atoms. The fraction of sp³-hybridized carbons (Fsp3) is 0. The van der Waals surface area contributed by atoms with Crippen molar-refractivity contribution in [2.75, 3.05) is 16.1 Å². The molecule has 310 valence electrons. The Bertz CT molecular complexity index is 3130. The summed E-state index contributed by atoms with van der Waals surface area (Å²) in [4.78, 5) is 31.6. The highest BCUT2D eigenvalue weighted by Gasteiger charge is 2.20. The van der Waals surface area contributed by atoms with Crippen molar-refractivity contribution in [3.05, 3.63) is 173 Å². The number of phenolic OH excluding ortho intramolecular Hbond substituents is 2. The van der Waals surface area contributed by atoms with Crippen LogP contribution in [-0.2, 0) is 9.59 Å². The predicted octanol–water partition coefficient (Wildman–Crippen LogP) is 13.5. The van der Waals surface area contributed by atoms with Crippen LogP contribution < -0.4 is 21.0 Å². The van der Waals surface area contributed by atoms with E-state index in [1.807, 2.05) is 18.2 Å². The molecule has 0 bridgehead atoms. The van der Waals surface area contributed by atoms with Crippen LogP contribution in [-0.4, -0.2) is 26.9 Å². The third-order valence-electron chi connectivity index (χ3n) is 9.33. The first-order chi connectivity index (χ1) is 30.6. The number of fused-ring (bicyclic) bond motifs is 2. The summed E-state index contributed by atoms with van der Waals surface area (Å²) >= 11 is 12.3. The first kappa shape index (κ1) is 41.3. The minimum Gasteiger partial charge on any atom is -0.594 e. The number of amides is 2. The number of aromatic hydroxyl groups is 2. The summed E-state index contributed by atoms with van der Waals surface area (Å²) in [6.07, 6.45) is 0. The van der Waals surface area contributed by atoms with Crippen molar-refractivity contribution in [3.63, 3.8) is 0 Å². The standard InChI is InChI=1S/C46H31Cl2N9O6/c47-35-13-5-7-15-37(35)49-45(60)46(61)50-39-25-27-9-1-3-11-33(27)41(43(39)58)53-51-29-17-19-31(20-18-29)55-57(62)32-23-21-30(22-24-32)52-54-42-34-12-4-2-10-28(34)26-40(44(42)59)63-56-38-16-8-6-14-36(38)48/h1-26,56,58-59H,(H,49,60)(H,50,61). The van der Waals surface area contributed by atoms with Gasteiger partial charge in [-0.25, -0.2) is 5.48 Å². The van der Waals surface area contributed by atoms with E-state index in [4.69, 9.17) is 28.0 Å². The van der Waals surface area contributed by atoms with Crippen molar-refractivity contribution < 1.29 is 29.5 Å². The number of anilines is 3. The number of phenols is 2. The van der Waals surface area contributed by atoms with Gasteiger partial charge in [0.2, 0.25) is 5.69 Å². The lowest BCUT2D eigenvalue weighted by Crippen LogP contribution is -2.29. The molecule has 0 aromatic heterocycles. The van der Waals surface area contributed by atoms with Gasteiger partial charge in [0.25, 0.3) is 0 Å². The van der Waals surface area contributed by atoms with E-state index in [9.17, 15) is 25.0 Å². The molecular formula is C46H31Cl2N9O6. The molecule has 0 saturated heterocycles. The molecule has 0 heterocycles. The molecular weight excluding hydrogens is 845 g/mol. The molecule has 5 N–H and O–H groups in total. The van der Waals surface area contributed by atoms with E-state index in [0.717, 1.165) is 5.39 Å². The summed E-state index contributed by atoms with van der Waals surface area (Å²) in [5, 5.41) is 64.8. The Labute approximate surface area is 367 Å². The number of rotatable bonds is 11. The predicted molar refractivity (Wildman–Crippen MR) is 242 cm³/mol. The van der Waals surface area contributed by atoms with Crippen LogP contribution in [0.3, 0.4) is 0 Å². The Hall–Kier alpha value is -8.40. The summed E-state index contributed by atoms with van der Waals surface area (Å²) in [7, 11) is 0. The number of carbonyl (C=O) groups is 2. The summed E-state index contributed by atoms with van der Waals surface area (Å²) in [5.74, 6) is -2.58. The Balaban J connectivity index is 0.952. The first-order valence-corrected chi connectivity index (χ1v) is 19.6. The van der Waals surface area contributed by atoms with E-state index in [-0.39, 0.29) is 45.0 Å². The van der Waals surface area contributed by atoms with Crippen LogP contribution in [0.15, 0.2) is 183 Å². The number of carbonyl (C=O) groups excluding carboxylic acids is 2. The second kappa shape index (κ2) is 18.5. The number of para-hydroxylation sites is 2. The zero-order chi connectivity index (χ0) is 43.9. The van der Waals surface area contributed by atoms with Gasteiger partial charge in [-0.05, 0) is 83.6 Å². The van der Waals surface area contributed by atoms with Gasteiger partial charge in [0.15, 0.2) is 17.2 Å². The lowest BCUT2D eigenvalue weighted by molar-refractivity contribution is -0.435. The van der Waals surface area contributed by atoms with Crippen LogP contribution in [0.4, 0.5) is 51.2 Å². The summed E-state index contributed by atoms with van der Waals surface area (Å²) in [6.45, 7) is 0. The average molecular weight is 877 g/mol. The average Bonchev–Trinajstić information content (AvgIpc) is 3.30. The molecule has 0 aliphatic carbocycles. The SMILES string of the molecule is O=C(Nc1ccccc1Cl)C(=O)Nc1cc2ccccc2c(N=Nc2ccc(N=[N+]([O-])c3ccc(N=Nc4c(O)c(ONc5ccccc5Cl)cc5ccccc45)cc3)cc2)c1O. The van der Waals surface area contributed by atoms with E-state index in [1.54, 1.807) is 121 Å². The minimum atomic E-state index is -1.04. The van der Waals surface area contributed by atoms with Crippen molar-refractivity contribution in [3.8, 4) is 17.2 Å². The Morgan fingerprint density at radius 2 is 1.02 bits per heavy atom. The molecule has 8 rings (SSSR count). The number of hydrogen-bond donors (Lipinski definition) is 5. The second-order valence-electron chi connectivity index (χ2n) is 13.5. The van der Waals surface area contributed by atoms with E-state index in [2.05, 4.69) is 41.7 Å². The summed E-state index contributed by atoms with van der Waals surface area (Å²) in [5.41, 5.74) is 4.97. The van der Waals surface area contributed by atoms with E-state index < -0.39 is 17.6 Å². The van der Waals surface area contributed by atoms with Crippen LogP contribution in [0.2, 0.25) is 10.0 Å². The zero-order valence-corrected chi connectivity index (χ0v) is 34.0. The van der Waals surface area contributed by atoms with Gasteiger partial charge in [0.1, 0.15) is 17.1 Å². The third kappa shape index (κ3) is 9.49. The number of nitrogens with one attached hydrogen (secondary N) is 3. The first-order valence-electron chi connectivity index (χ1n) is 18.9. The van der Waals surface area contributed by atoms with Crippen molar-refractivity contribution in [2.24, 2.45) is 25.6 Å². The van der Waals surface area contributed by atoms with Crippen molar-refractivity contribution in [1.29, 1.82) is 0 Å². The molecule has 17 heteroatoms. The largest absolute Gasteiger partial charge is 0.594 e. The maximum Gasteiger partial charge on any atom is 0.314 e. The topological polar surface area (TPSA) is 208 Å². The normalized spacial score (nSPS) is 11.6. The molecule has 0 atom stereocenters. The fourth-order valence-corrected chi connectivity index (χ4v) is 6.53. The van der Waals surface area contributed by atoms with Gasteiger partial charge in [-0.15, -0.1) is 10.2 Å². The van der Waals surface area contributed by atoms with Gasteiger partial charge in [-0.3, -0.25) is 9.59 Å². The highest BCUT2D eigenvalue weighted by atomic mass is 35.5. The molecule has 0 aliphatic rings. The van der Waals surface area contributed by atoms with Gasteiger partial charge in [0.05, 0.1) is 38.5 Å². The number of nitrogens with zero attached hydrogens (tertiary/aromatic N) is 6. The van der Waals surface area contributed by atoms with Gasteiger partial charge in [0, 0.05) is 28.0 Å². The van der Waals surface area contributed by atoms with Crippen LogP contribution in [0.1, 0.15) is 0 Å². The zero-order valence-electron chi connectivity index (χ0n) is 32.5. The van der Waals surface area contributed by atoms with Gasteiger partial charge in [-0.2, -0.15) is 10.2 Å². The van der Waals surface area contributed by atoms with E-state index >= 15 is 0 Å². The molecule has 0 radical (unpaired) electrons. The molecule has 0 spiro atoms. The number of benzene rings is 8. The highest BCUT2D eigenvalue weighted by Crippen LogP contribution is 2.44. The minimum absolute atomic E-state index is 0.0481. The molecule has 0 unspecified atom stereocenters. The van der Waals surface area contributed by atoms with Crippen LogP contribution >= 0.6 is 23.2 Å². The van der Waals surface area contributed by atoms with Gasteiger partial charge < -0.3 is 30.9 Å². The van der Waals surface area contributed by atoms with Gasteiger partial charge in [-0.1, -0.05) is 101 Å². The smallest absolute Gasteiger partial charge is 0.314 e.